The van der Waals surface area contributed by atoms with Gasteiger partial charge in [-0.2, -0.15) is 0 Å². The van der Waals surface area contributed by atoms with Crippen molar-refractivity contribution in [1.82, 2.24) is 0 Å². The molecule has 2 bridgehead atoms. The van der Waals surface area contributed by atoms with Crippen LogP contribution >= 0.6 is 31.9 Å². The first-order valence-electron chi connectivity index (χ1n) is 10.1. The summed E-state index contributed by atoms with van der Waals surface area (Å²) in [4.78, 5) is 40.6. The second-order valence-electron chi connectivity index (χ2n) is 8.29. The molecule has 0 radical (unpaired) electrons. The van der Waals surface area contributed by atoms with Crippen LogP contribution in [0.4, 0.5) is 5.69 Å². The SMILES string of the molecule is O=C([O-])c1ccccc1N1C(=O)C2C(C1=O)C1(Br)c3ccccc3C2(Br)c2ccccc21. The third kappa shape index (κ3) is 2.11. The number of benzene rings is 3. The maximum atomic E-state index is 13.9. The highest BCUT2D eigenvalue weighted by molar-refractivity contribution is 9.10. The normalized spacial score (nSPS) is 29.5. The smallest absolute Gasteiger partial charge is 0.239 e. The van der Waals surface area contributed by atoms with Crippen LogP contribution in [-0.2, 0) is 18.2 Å². The number of rotatable bonds is 2. The van der Waals surface area contributed by atoms with Gasteiger partial charge >= 0.3 is 0 Å². The van der Waals surface area contributed by atoms with E-state index in [1.54, 1.807) is 12.1 Å². The molecule has 158 valence electrons. The van der Waals surface area contributed by atoms with Crippen molar-refractivity contribution < 1.29 is 19.5 Å². The summed E-state index contributed by atoms with van der Waals surface area (Å²) >= 11 is 7.86. The van der Waals surface area contributed by atoms with Crippen molar-refractivity contribution in [3.63, 3.8) is 0 Å². The van der Waals surface area contributed by atoms with Gasteiger partial charge in [0, 0.05) is 5.56 Å². The molecule has 2 amide bonds. The van der Waals surface area contributed by atoms with Gasteiger partial charge in [0.25, 0.3) is 0 Å². The molecule has 2 atom stereocenters. The van der Waals surface area contributed by atoms with E-state index in [-0.39, 0.29) is 11.3 Å². The van der Waals surface area contributed by atoms with Crippen molar-refractivity contribution in [2.24, 2.45) is 11.8 Å². The second kappa shape index (κ2) is 6.39. The summed E-state index contributed by atoms with van der Waals surface area (Å²) in [5.41, 5.74) is 3.54. The maximum Gasteiger partial charge on any atom is 0.239 e. The standard InChI is InChI=1S/C25H15Br2NO4/c26-24-14-8-2-3-9-15(14)25(27,17-11-5-4-10-16(17)24)20-19(24)21(29)28(22(20)30)18-12-6-1-7-13(18)23(31)32/h1-12,19-20H,(H,31,32)/p-1. The molecule has 2 unspecified atom stereocenters. The highest BCUT2D eigenvalue weighted by atomic mass is 79.9. The first-order chi connectivity index (χ1) is 15.3. The summed E-state index contributed by atoms with van der Waals surface area (Å²) in [5, 5.41) is 11.8. The van der Waals surface area contributed by atoms with Crippen LogP contribution in [0, 0.1) is 11.8 Å². The van der Waals surface area contributed by atoms with Gasteiger partial charge in [-0.1, -0.05) is 98.6 Å². The minimum absolute atomic E-state index is 0.0385. The van der Waals surface area contributed by atoms with E-state index in [1.807, 2.05) is 48.5 Å². The van der Waals surface area contributed by atoms with Crippen molar-refractivity contribution in [1.29, 1.82) is 0 Å². The number of aromatic carboxylic acids is 1. The van der Waals surface area contributed by atoms with Gasteiger partial charge in [0.1, 0.15) is 0 Å². The van der Waals surface area contributed by atoms with Crippen LogP contribution < -0.4 is 10.0 Å². The summed E-state index contributed by atoms with van der Waals surface area (Å²) in [6.45, 7) is 0. The Labute approximate surface area is 200 Å². The number of nitrogens with zero attached hydrogens (tertiary/aromatic N) is 1. The third-order valence-corrected chi connectivity index (χ3v) is 9.65. The molecule has 1 saturated heterocycles. The first kappa shape index (κ1) is 19.9. The maximum absolute atomic E-state index is 13.9. The van der Waals surface area contributed by atoms with Gasteiger partial charge in [-0.3, -0.25) is 9.59 Å². The summed E-state index contributed by atoms with van der Waals surface area (Å²) in [6, 6.07) is 21.5. The topological polar surface area (TPSA) is 77.5 Å². The van der Waals surface area contributed by atoms with Crippen molar-refractivity contribution in [3.8, 4) is 0 Å². The Morgan fingerprint density at radius 3 is 1.50 bits per heavy atom. The van der Waals surface area contributed by atoms with E-state index in [4.69, 9.17) is 0 Å². The average molecular weight is 552 g/mol. The number of carboxylic acid groups (broad SMARTS) is 1. The number of alkyl halides is 2. The van der Waals surface area contributed by atoms with E-state index in [1.165, 1.54) is 12.1 Å². The largest absolute Gasteiger partial charge is 0.545 e. The lowest BCUT2D eigenvalue weighted by Crippen LogP contribution is -2.56. The van der Waals surface area contributed by atoms with Crippen molar-refractivity contribution in [3.05, 3.63) is 101 Å². The van der Waals surface area contributed by atoms with Crippen molar-refractivity contribution in [2.45, 2.75) is 8.65 Å². The summed E-state index contributed by atoms with van der Waals surface area (Å²) < 4.78 is -1.84. The quantitative estimate of drug-likeness (QED) is 0.361. The highest BCUT2D eigenvalue weighted by Crippen LogP contribution is 2.70. The Balaban J connectivity index is 1.66. The minimum atomic E-state index is -1.44. The first-order valence-corrected chi connectivity index (χ1v) is 11.7. The summed E-state index contributed by atoms with van der Waals surface area (Å²) in [5.74, 6) is -3.81. The number of halogens is 2. The fourth-order valence-corrected chi connectivity index (χ4v) is 8.05. The molecule has 32 heavy (non-hydrogen) atoms. The lowest BCUT2D eigenvalue weighted by Gasteiger charge is -2.55. The molecule has 1 heterocycles. The lowest BCUT2D eigenvalue weighted by atomic mass is 9.54. The molecule has 0 saturated carbocycles. The molecule has 0 aromatic heterocycles. The Hall–Kier alpha value is -2.77. The van der Waals surface area contributed by atoms with E-state index in [2.05, 4.69) is 31.9 Å². The molecule has 7 heteroatoms. The number of amides is 2. The molecule has 0 N–H and O–H groups in total. The molecule has 4 aliphatic rings. The van der Waals surface area contributed by atoms with Gasteiger partial charge in [-0.25, -0.2) is 4.90 Å². The molecular formula is C25H14Br2NO4-. The van der Waals surface area contributed by atoms with Crippen LogP contribution in [0.15, 0.2) is 72.8 Å². The lowest BCUT2D eigenvalue weighted by molar-refractivity contribution is -0.254. The van der Waals surface area contributed by atoms with Crippen LogP contribution in [0.3, 0.4) is 0 Å². The number of hydrogen-bond donors (Lipinski definition) is 0. The van der Waals surface area contributed by atoms with Crippen LogP contribution in [0.1, 0.15) is 32.6 Å². The van der Waals surface area contributed by atoms with Crippen molar-refractivity contribution in [2.75, 3.05) is 4.90 Å². The molecule has 1 fully saturated rings. The second-order valence-corrected chi connectivity index (χ2v) is 10.8. The Bertz CT molecular complexity index is 1250. The van der Waals surface area contributed by atoms with Gasteiger partial charge in [0.15, 0.2) is 0 Å². The molecule has 7 rings (SSSR count). The van der Waals surface area contributed by atoms with Gasteiger partial charge in [0.05, 0.1) is 32.1 Å². The van der Waals surface area contributed by atoms with E-state index in [0.29, 0.717) is 0 Å². The molecule has 5 nitrogen and oxygen atoms in total. The summed E-state index contributed by atoms with van der Waals surface area (Å²) in [6.07, 6.45) is 0. The van der Waals surface area contributed by atoms with E-state index >= 15 is 0 Å². The Morgan fingerprint density at radius 1 is 0.719 bits per heavy atom. The molecule has 0 spiro atoms. The van der Waals surface area contributed by atoms with Crippen LogP contribution in [0.25, 0.3) is 0 Å². The number of hydrogen-bond acceptors (Lipinski definition) is 4. The minimum Gasteiger partial charge on any atom is -0.545 e. The number of anilines is 1. The zero-order valence-electron chi connectivity index (χ0n) is 16.4. The monoisotopic (exact) mass is 550 g/mol. The number of carbonyl (C=O) groups excluding carboxylic acids is 3. The van der Waals surface area contributed by atoms with Crippen LogP contribution in [0.2, 0.25) is 0 Å². The molecule has 3 aromatic carbocycles. The predicted molar refractivity (Wildman–Crippen MR) is 123 cm³/mol. The Morgan fingerprint density at radius 2 is 1.09 bits per heavy atom. The van der Waals surface area contributed by atoms with Crippen LogP contribution in [-0.4, -0.2) is 17.8 Å². The fraction of sp³-hybridized carbons (Fsp3) is 0.160. The number of para-hydroxylation sites is 1. The van der Waals surface area contributed by atoms with Crippen LogP contribution in [0.5, 0.6) is 0 Å². The van der Waals surface area contributed by atoms with E-state index in [0.717, 1.165) is 27.2 Å². The van der Waals surface area contributed by atoms with Gasteiger partial charge in [0.2, 0.25) is 11.8 Å². The zero-order chi connectivity index (χ0) is 22.4. The molecule has 3 aromatic rings. The molecular weight excluding hydrogens is 538 g/mol. The predicted octanol–water partition coefficient (Wildman–Crippen LogP) is 3.46. The van der Waals surface area contributed by atoms with Gasteiger partial charge in [-0.15, -0.1) is 0 Å². The number of imide groups is 1. The zero-order valence-corrected chi connectivity index (χ0v) is 19.6. The number of carbonyl (C=O) groups is 3. The van der Waals surface area contributed by atoms with E-state index in [9.17, 15) is 19.5 Å². The van der Waals surface area contributed by atoms with E-state index < -0.39 is 38.3 Å². The summed E-state index contributed by atoms with van der Waals surface area (Å²) in [7, 11) is 0. The average Bonchev–Trinajstić information content (AvgIpc) is 3.08. The van der Waals surface area contributed by atoms with Crippen molar-refractivity contribution >= 4 is 55.3 Å². The molecule has 1 aliphatic heterocycles. The van der Waals surface area contributed by atoms with Gasteiger partial charge in [-0.05, 0) is 28.3 Å². The molecule has 3 aliphatic carbocycles. The fourth-order valence-electron chi connectivity index (χ4n) is 5.75. The highest BCUT2D eigenvalue weighted by Gasteiger charge is 2.72. The van der Waals surface area contributed by atoms with Gasteiger partial charge < -0.3 is 9.90 Å². The Kier molecular flexibility index (Phi) is 3.97. The number of carboxylic acids is 1. The third-order valence-electron chi connectivity index (χ3n) is 6.95.